The maximum absolute atomic E-state index is 5.44. The van der Waals surface area contributed by atoms with Gasteiger partial charge in [0.15, 0.2) is 5.89 Å². The van der Waals surface area contributed by atoms with Crippen molar-refractivity contribution in [2.75, 3.05) is 0 Å². The van der Waals surface area contributed by atoms with Gasteiger partial charge in [-0.1, -0.05) is 13.8 Å². The van der Waals surface area contributed by atoms with E-state index in [1.54, 1.807) is 6.20 Å². The van der Waals surface area contributed by atoms with Crippen LogP contribution < -0.4 is 0 Å². The van der Waals surface area contributed by atoms with E-state index in [0.717, 1.165) is 15.9 Å². The van der Waals surface area contributed by atoms with Crippen LogP contribution in [0.4, 0.5) is 0 Å². The third-order valence-corrected chi connectivity index (χ3v) is 2.16. The molecule has 0 aliphatic rings. The summed E-state index contributed by atoms with van der Waals surface area (Å²) in [7, 11) is 0. The van der Waals surface area contributed by atoms with Crippen molar-refractivity contribution in [3.8, 4) is 0 Å². The van der Waals surface area contributed by atoms with E-state index < -0.39 is 0 Å². The van der Waals surface area contributed by atoms with Crippen molar-refractivity contribution in [2.45, 2.75) is 19.8 Å². The van der Waals surface area contributed by atoms with E-state index in [-0.39, 0.29) is 0 Å². The topological polar surface area (TPSA) is 38.9 Å². The summed E-state index contributed by atoms with van der Waals surface area (Å²) in [6, 6.07) is 1.90. The van der Waals surface area contributed by atoms with Gasteiger partial charge in [-0.05, 0) is 22.0 Å². The molecular formula is C9H9BrN2O. The molecule has 4 heteroatoms. The van der Waals surface area contributed by atoms with Gasteiger partial charge in [0.2, 0.25) is 5.71 Å². The largest absolute Gasteiger partial charge is 0.422 e. The minimum Gasteiger partial charge on any atom is -0.422 e. The Bertz CT molecular complexity index is 436. The predicted octanol–water partition coefficient (Wildman–Crippen LogP) is 3.11. The first kappa shape index (κ1) is 8.69. The molecule has 0 N–H and O–H groups in total. The zero-order valence-corrected chi connectivity index (χ0v) is 9.00. The summed E-state index contributed by atoms with van der Waals surface area (Å²) >= 11 is 3.33. The smallest absolute Gasteiger partial charge is 0.247 e. The maximum atomic E-state index is 5.44. The standard InChI is InChI=1S/C9H9BrN2O/c1-5(2)8-12-7-3-6(10)4-11-9(7)13-8/h3-5H,1-2H3. The number of nitrogens with zero attached hydrogens (tertiary/aromatic N) is 2. The minimum atomic E-state index is 0.299. The summed E-state index contributed by atoms with van der Waals surface area (Å²) in [5.74, 6) is 1.04. The highest BCUT2D eigenvalue weighted by Gasteiger charge is 2.09. The highest BCUT2D eigenvalue weighted by Crippen LogP contribution is 2.21. The van der Waals surface area contributed by atoms with Crippen LogP contribution in [-0.2, 0) is 0 Å². The first-order valence-corrected chi connectivity index (χ1v) is 4.88. The van der Waals surface area contributed by atoms with Gasteiger partial charge in [-0.25, -0.2) is 9.97 Å². The van der Waals surface area contributed by atoms with Crippen molar-refractivity contribution in [2.24, 2.45) is 0 Å². The Balaban J connectivity index is 2.62. The predicted molar refractivity (Wildman–Crippen MR) is 53.6 cm³/mol. The van der Waals surface area contributed by atoms with Crippen molar-refractivity contribution in [1.82, 2.24) is 9.97 Å². The molecule has 0 atom stereocenters. The van der Waals surface area contributed by atoms with Crippen LogP contribution in [0.2, 0.25) is 0 Å². The molecule has 0 aliphatic heterocycles. The second kappa shape index (κ2) is 3.10. The molecule has 0 unspecified atom stereocenters. The maximum Gasteiger partial charge on any atom is 0.247 e. The van der Waals surface area contributed by atoms with Crippen molar-refractivity contribution in [3.63, 3.8) is 0 Å². The van der Waals surface area contributed by atoms with Gasteiger partial charge in [0.25, 0.3) is 0 Å². The van der Waals surface area contributed by atoms with Crippen molar-refractivity contribution < 1.29 is 4.42 Å². The van der Waals surface area contributed by atoms with Crippen molar-refractivity contribution in [1.29, 1.82) is 0 Å². The highest BCUT2D eigenvalue weighted by atomic mass is 79.9. The lowest BCUT2D eigenvalue weighted by Gasteiger charge is -1.93. The summed E-state index contributed by atoms with van der Waals surface area (Å²) in [6.07, 6.45) is 1.71. The number of pyridine rings is 1. The zero-order valence-electron chi connectivity index (χ0n) is 7.41. The SMILES string of the molecule is CC(C)c1nc2cc(Br)cnc2o1. The van der Waals surface area contributed by atoms with Crippen LogP contribution >= 0.6 is 15.9 Å². The molecule has 3 nitrogen and oxygen atoms in total. The molecule has 0 bridgehead atoms. The van der Waals surface area contributed by atoms with Gasteiger partial charge in [0.05, 0.1) is 0 Å². The Morgan fingerprint density at radius 2 is 2.23 bits per heavy atom. The fourth-order valence-corrected chi connectivity index (χ4v) is 1.38. The summed E-state index contributed by atoms with van der Waals surface area (Å²) in [5.41, 5.74) is 1.41. The summed E-state index contributed by atoms with van der Waals surface area (Å²) in [4.78, 5) is 8.42. The normalized spacial score (nSPS) is 11.4. The first-order chi connectivity index (χ1) is 6.16. The van der Waals surface area contributed by atoms with Gasteiger partial charge >= 0.3 is 0 Å². The van der Waals surface area contributed by atoms with Crippen LogP contribution in [-0.4, -0.2) is 9.97 Å². The van der Waals surface area contributed by atoms with Crippen molar-refractivity contribution in [3.05, 3.63) is 22.6 Å². The Morgan fingerprint density at radius 3 is 2.92 bits per heavy atom. The van der Waals surface area contributed by atoms with Gasteiger partial charge in [0.1, 0.15) is 5.52 Å². The van der Waals surface area contributed by atoms with Gasteiger partial charge < -0.3 is 4.42 Å². The molecule has 2 heterocycles. The second-order valence-corrected chi connectivity index (χ2v) is 4.10. The molecule has 0 aliphatic carbocycles. The Hall–Kier alpha value is -0.900. The van der Waals surface area contributed by atoms with E-state index in [4.69, 9.17) is 4.42 Å². The molecule has 13 heavy (non-hydrogen) atoms. The van der Waals surface area contributed by atoms with Crippen molar-refractivity contribution >= 4 is 27.2 Å². The number of aromatic nitrogens is 2. The van der Waals surface area contributed by atoms with Gasteiger partial charge in [-0.15, -0.1) is 0 Å². The zero-order chi connectivity index (χ0) is 9.42. The van der Waals surface area contributed by atoms with Crippen LogP contribution in [0.3, 0.4) is 0 Å². The second-order valence-electron chi connectivity index (χ2n) is 3.18. The number of rotatable bonds is 1. The van der Waals surface area contributed by atoms with E-state index >= 15 is 0 Å². The van der Waals surface area contributed by atoms with E-state index in [9.17, 15) is 0 Å². The number of halogens is 1. The summed E-state index contributed by atoms with van der Waals surface area (Å²) in [5, 5.41) is 0. The first-order valence-electron chi connectivity index (χ1n) is 4.09. The van der Waals surface area contributed by atoms with Crippen LogP contribution in [0.25, 0.3) is 11.2 Å². The molecule has 0 amide bonds. The third kappa shape index (κ3) is 1.58. The van der Waals surface area contributed by atoms with Crippen LogP contribution in [0, 0.1) is 0 Å². The van der Waals surface area contributed by atoms with Gasteiger partial charge in [-0.3, -0.25) is 0 Å². The highest BCUT2D eigenvalue weighted by molar-refractivity contribution is 9.10. The fourth-order valence-electron chi connectivity index (χ4n) is 1.06. The Kier molecular flexibility index (Phi) is 2.07. The van der Waals surface area contributed by atoms with Crippen LogP contribution in [0.15, 0.2) is 21.2 Å². The minimum absolute atomic E-state index is 0.299. The lowest BCUT2D eigenvalue weighted by atomic mass is 10.2. The molecule has 0 saturated heterocycles. The van der Waals surface area contributed by atoms with E-state index in [2.05, 4.69) is 25.9 Å². The molecule has 2 rings (SSSR count). The molecule has 0 aromatic carbocycles. The molecule has 2 aromatic rings. The molecule has 2 aromatic heterocycles. The Morgan fingerprint density at radius 1 is 1.46 bits per heavy atom. The third-order valence-electron chi connectivity index (χ3n) is 1.72. The summed E-state index contributed by atoms with van der Waals surface area (Å²) < 4.78 is 6.36. The molecule has 0 spiro atoms. The molecule has 0 saturated carbocycles. The van der Waals surface area contributed by atoms with Gasteiger partial charge in [-0.2, -0.15) is 0 Å². The quantitative estimate of drug-likeness (QED) is 0.769. The average Bonchev–Trinajstić information content (AvgIpc) is 2.46. The van der Waals surface area contributed by atoms with E-state index in [1.807, 2.05) is 19.9 Å². The lowest BCUT2D eigenvalue weighted by molar-refractivity contribution is 0.494. The molecule has 0 radical (unpaired) electrons. The number of hydrogen-bond acceptors (Lipinski definition) is 3. The van der Waals surface area contributed by atoms with Crippen LogP contribution in [0.5, 0.6) is 0 Å². The molecule has 0 fully saturated rings. The Labute approximate surface area is 84.3 Å². The van der Waals surface area contributed by atoms with Gasteiger partial charge in [0, 0.05) is 16.6 Å². The van der Waals surface area contributed by atoms with E-state index in [0.29, 0.717) is 11.6 Å². The lowest BCUT2D eigenvalue weighted by Crippen LogP contribution is -1.84. The van der Waals surface area contributed by atoms with E-state index in [1.165, 1.54) is 0 Å². The molecule has 68 valence electrons. The number of fused-ring (bicyclic) bond motifs is 1. The van der Waals surface area contributed by atoms with Crippen LogP contribution in [0.1, 0.15) is 25.7 Å². The average molecular weight is 241 g/mol. The monoisotopic (exact) mass is 240 g/mol. The number of oxazole rings is 1. The summed E-state index contributed by atoms with van der Waals surface area (Å²) in [6.45, 7) is 4.08. The number of hydrogen-bond donors (Lipinski definition) is 0. The molecular weight excluding hydrogens is 232 g/mol. The fraction of sp³-hybridized carbons (Fsp3) is 0.333.